The monoisotopic (exact) mass is 194 g/mol. The lowest BCUT2D eigenvalue weighted by Gasteiger charge is -2.15. The Bertz CT molecular complexity index is 416. The van der Waals surface area contributed by atoms with Crippen molar-refractivity contribution in [1.82, 2.24) is 5.48 Å². The largest absolute Gasteiger partial charge is 0.379 e. The van der Waals surface area contributed by atoms with E-state index in [0.717, 1.165) is 0 Å². The van der Waals surface area contributed by atoms with E-state index in [-0.39, 0.29) is 18.0 Å². The van der Waals surface area contributed by atoms with Crippen molar-refractivity contribution in [2.75, 3.05) is 0 Å². The molecule has 1 aromatic rings. The molecule has 0 atom stereocenters. The van der Waals surface area contributed by atoms with Crippen LogP contribution in [0.1, 0.15) is 5.56 Å². The highest BCUT2D eigenvalue weighted by Crippen LogP contribution is 2.25. The zero-order valence-corrected chi connectivity index (χ0v) is 7.02. The number of nitrogens with zero attached hydrogens (tertiary/aromatic N) is 1. The van der Waals surface area contributed by atoms with Gasteiger partial charge in [0.15, 0.2) is 5.75 Å². The fraction of sp³-hybridized carbons (Fsp3) is 0.125. The topological polar surface area (TPSA) is 81.5 Å². The van der Waals surface area contributed by atoms with Gasteiger partial charge in [-0.2, -0.15) is 5.48 Å². The molecular formula is C8H6N2O4. The second-order valence-electron chi connectivity index (χ2n) is 2.85. The highest BCUT2D eigenvalue weighted by Gasteiger charge is 2.19. The van der Waals surface area contributed by atoms with Crippen LogP contribution in [0.3, 0.4) is 0 Å². The number of amides is 1. The molecule has 0 radical (unpaired) electrons. The highest BCUT2D eigenvalue weighted by molar-refractivity contribution is 5.80. The average molecular weight is 194 g/mol. The van der Waals surface area contributed by atoms with E-state index in [0.29, 0.717) is 11.3 Å². The van der Waals surface area contributed by atoms with Crippen LogP contribution < -0.4 is 10.3 Å². The molecule has 1 aliphatic heterocycles. The lowest BCUT2D eigenvalue weighted by atomic mass is 10.1. The van der Waals surface area contributed by atoms with Gasteiger partial charge < -0.3 is 4.84 Å². The van der Waals surface area contributed by atoms with Crippen molar-refractivity contribution in [3.05, 3.63) is 33.9 Å². The van der Waals surface area contributed by atoms with Crippen LogP contribution in [0.15, 0.2) is 18.2 Å². The molecule has 0 unspecified atom stereocenters. The first-order chi connectivity index (χ1) is 6.66. The van der Waals surface area contributed by atoms with Crippen LogP contribution in [0, 0.1) is 10.1 Å². The molecule has 2 rings (SSSR count). The number of non-ortho nitro benzene ring substituents is 1. The molecule has 0 bridgehead atoms. The van der Waals surface area contributed by atoms with Gasteiger partial charge in [0.1, 0.15) is 0 Å². The number of benzene rings is 1. The smallest absolute Gasteiger partial charge is 0.269 e. The average Bonchev–Trinajstić information content (AvgIpc) is 2.16. The number of nitrogens with one attached hydrogen (secondary N) is 1. The molecule has 14 heavy (non-hydrogen) atoms. The Morgan fingerprint density at radius 2 is 2.29 bits per heavy atom. The molecule has 1 N–H and O–H groups in total. The van der Waals surface area contributed by atoms with E-state index >= 15 is 0 Å². The van der Waals surface area contributed by atoms with E-state index in [1.54, 1.807) is 0 Å². The second-order valence-corrected chi connectivity index (χ2v) is 2.85. The lowest BCUT2D eigenvalue weighted by Crippen LogP contribution is -2.33. The van der Waals surface area contributed by atoms with Crippen molar-refractivity contribution in [3.8, 4) is 5.75 Å². The summed E-state index contributed by atoms with van der Waals surface area (Å²) in [6, 6.07) is 4.14. The third-order valence-electron chi connectivity index (χ3n) is 1.88. The van der Waals surface area contributed by atoms with Gasteiger partial charge in [0, 0.05) is 17.7 Å². The minimum atomic E-state index is -0.507. The molecule has 0 saturated heterocycles. The minimum absolute atomic E-state index is 0.0398. The summed E-state index contributed by atoms with van der Waals surface area (Å²) >= 11 is 0. The zero-order valence-electron chi connectivity index (χ0n) is 7.02. The van der Waals surface area contributed by atoms with E-state index in [1.807, 2.05) is 0 Å². The first-order valence-corrected chi connectivity index (χ1v) is 3.90. The Kier molecular flexibility index (Phi) is 1.81. The minimum Gasteiger partial charge on any atom is -0.379 e. The summed E-state index contributed by atoms with van der Waals surface area (Å²) in [5.74, 6) is 0.146. The van der Waals surface area contributed by atoms with Crippen LogP contribution in [-0.2, 0) is 11.2 Å². The van der Waals surface area contributed by atoms with Crippen LogP contribution in [0.5, 0.6) is 5.75 Å². The molecule has 0 aliphatic carbocycles. The van der Waals surface area contributed by atoms with Crippen LogP contribution in [0.4, 0.5) is 5.69 Å². The normalized spacial score (nSPS) is 13.9. The van der Waals surface area contributed by atoms with Crippen molar-refractivity contribution in [2.45, 2.75) is 6.42 Å². The summed E-state index contributed by atoms with van der Waals surface area (Å²) in [5.41, 5.74) is 2.67. The number of rotatable bonds is 1. The molecule has 0 fully saturated rings. The third-order valence-corrected chi connectivity index (χ3v) is 1.88. The Balaban J connectivity index is 2.42. The molecule has 0 saturated carbocycles. The summed E-state index contributed by atoms with van der Waals surface area (Å²) in [4.78, 5) is 25.7. The molecule has 1 heterocycles. The van der Waals surface area contributed by atoms with Crippen molar-refractivity contribution in [2.24, 2.45) is 0 Å². The number of hydrogen-bond donors (Lipinski definition) is 1. The van der Waals surface area contributed by atoms with Gasteiger partial charge >= 0.3 is 0 Å². The fourth-order valence-corrected chi connectivity index (χ4v) is 1.24. The van der Waals surface area contributed by atoms with Gasteiger partial charge in [-0.3, -0.25) is 14.9 Å². The maximum Gasteiger partial charge on any atom is 0.269 e. The van der Waals surface area contributed by atoms with Crippen LogP contribution in [0.25, 0.3) is 0 Å². The second kappa shape index (κ2) is 2.99. The SMILES string of the molecule is O=C1Cc2cc([N+](=O)[O-])ccc2ON1. The number of hydrogen-bond acceptors (Lipinski definition) is 4. The standard InChI is InChI=1S/C8H6N2O4/c11-8-4-5-3-6(10(12)13)1-2-7(5)14-9-8/h1-3H,4H2,(H,9,11). The Hall–Kier alpha value is -2.11. The zero-order chi connectivity index (χ0) is 10.1. The fourth-order valence-electron chi connectivity index (χ4n) is 1.24. The maximum absolute atomic E-state index is 10.9. The lowest BCUT2D eigenvalue weighted by molar-refractivity contribution is -0.384. The molecule has 0 aromatic heterocycles. The van der Waals surface area contributed by atoms with Crippen molar-refractivity contribution in [1.29, 1.82) is 0 Å². The Labute approximate surface area is 78.6 Å². The van der Waals surface area contributed by atoms with Crippen molar-refractivity contribution >= 4 is 11.6 Å². The van der Waals surface area contributed by atoms with Crippen LogP contribution in [0.2, 0.25) is 0 Å². The molecule has 1 amide bonds. The van der Waals surface area contributed by atoms with E-state index in [2.05, 4.69) is 5.48 Å². The first kappa shape index (κ1) is 8.49. The molecular weight excluding hydrogens is 188 g/mol. The Morgan fingerprint density at radius 1 is 1.50 bits per heavy atom. The van der Waals surface area contributed by atoms with Gasteiger partial charge in [-0.05, 0) is 6.07 Å². The summed E-state index contributed by atoms with van der Waals surface area (Å²) in [6.07, 6.45) is 0.108. The predicted octanol–water partition coefficient (Wildman–Crippen LogP) is 0.561. The third kappa shape index (κ3) is 1.37. The molecule has 1 aliphatic rings. The number of fused-ring (bicyclic) bond motifs is 1. The van der Waals surface area contributed by atoms with E-state index in [9.17, 15) is 14.9 Å². The van der Waals surface area contributed by atoms with E-state index in [4.69, 9.17) is 4.84 Å². The molecule has 1 aromatic carbocycles. The number of nitro benzene ring substituents is 1. The number of nitro groups is 1. The molecule has 72 valence electrons. The van der Waals surface area contributed by atoms with Gasteiger partial charge in [0.2, 0.25) is 0 Å². The number of carbonyl (C=O) groups is 1. The number of carbonyl (C=O) groups excluding carboxylic acids is 1. The van der Waals surface area contributed by atoms with Gasteiger partial charge in [-0.15, -0.1) is 0 Å². The first-order valence-electron chi connectivity index (χ1n) is 3.90. The summed E-state index contributed by atoms with van der Waals surface area (Å²) in [6.45, 7) is 0. The summed E-state index contributed by atoms with van der Waals surface area (Å²) < 4.78 is 0. The van der Waals surface area contributed by atoms with Crippen molar-refractivity contribution < 1.29 is 14.6 Å². The quantitative estimate of drug-likeness (QED) is 0.523. The predicted molar refractivity (Wildman–Crippen MR) is 45.6 cm³/mol. The van der Waals surface area contributed by atoms with E-state index in [1.165, 1.54) is 18.2 Å². The highest BCUT2D eigenvalue weighted by atomic mass is 16.7. The van der Waals surface area contributed by atoms with Gasteiger partial charge in [-0.25, -0.2) is 0 Å². The van der Waals surface area contributed by atoms with Gasteiger partial charge in [0.05, 0.1) is 11.3 Å². The summed E-state index contributed by atoms with van der Waals surface area (Å²) in [5, 5.41) is 10.4. The number of hydroxylamine groups is 1. The van der Waals surface area contributed by atoms with Crippen molar-refractivity contribution in [3.63, 3.8) is 0 Å². The molecule has 6 heteroatoms. The Morgan fingerprint density at radius 3 is 3.00 bits per heavy atom. The molecule has 0 spiro atoms. The maximum atomic E-state index is 10.9. The van der Waals surface area contributed by atoms with Crippen LogP contribution in [-0.4, -0.2) is 10.8 Å². The van der Waals surface area contributed by atoms with E-state index < -0.39 is 4.92 Å². The summed E-state index contributed by atoms with van der Waals surface area (Å²) in [7, 11) is 0. The molecule has 6 nitrogen and oxygen atoms in total. The van der Waals surface area contributed by atoms with Gasteiger partial charge in [-0.1, -0.05) is 0 Å². The van der Waals surface area contributed by atoms with Crippen LogP contribution >= 0.6 is 0 Å². The van der Waals surface area contributed by atoms with Gasteiger partial charge in [0.25, 0.3) is 11.6 Å².